The molecule has 0 aromatic carbocycles. The van der Waals surface area contributed by atoms with Gasteiger partial charge in [0.2, 0.25) is 5.91 Å². The molecule has 1 aliphatic rings. The maximum atomic E-state index is 11.9. The predicted molar refractivity (Wildman–Crippen MR) is 61.5 cm³/mol. The van der Waals surface area contributed by atoms with Crippen molar-refractivity contribution in [3.63, 3.8) is 0 Å². The van der Waals surface area contributed by atoms with E-state index in [2.05, 4.69) is 6.07 Å². The lowest BCUT2D eigenvalue weighted by molar-refractivity contribution is -0.133. The Morgan fingerprint density at radius 3 is 2.93 bits per heavy atom. The predicted octanol–water partition coefficient (Wildman–Crippen LogP) is 1.59. The lowest BCUT2D eigenvalue weighted by atomic mass is 10.3. The molecule has 15 heavy (non-hydrogen) atoms. The molecule has 0 radical (unpaired) electrons. The number of thiophene rings is 1. The van der Waals surface area contributed by atoms with E-state index in [1.54, 1.807) is 18.3 Å². The van der Waals surface area contributed by atoms with Crippen molar-refractivity contribution in [2.75, 3.05) is 0 Å². The average Bonchev–Trinajstić information content (AvgIpc) is 2.92. The number of carbonyl (C=O) groups is 1. The second kappa shape index (κ2) is 4.33. The summed E-state index contributed by atoms with van der Waals surface area (Å²) in [6, 6.07) is 4.13. The lowest BCUT2D eigenvalue weighted by Crippen LogP contribution is -2.42. The largest absolute Gasteiger partial charge is 0.333 e. The normalized spacial score (nSPS) is 17.5. The van der Waals surface area contributed by atoms with Crippen LogP contribution in [0.1, 0.15) is 24.6 Å². The molecule has 2 N–H and O–H groups in total. The minimum Gasteiger partial charge on any atom is -0.333 e. The highest BCUT2D eigenvalue weighted by molar-refractivity contribution is 7.09. The van der Waals surface area contributed by atoms with Gasteiger partial charge >= 0.3 is 0 Å². The zero-order valence-electron chi connectivity index (χ0n) is 8.85. The number of hydrogen-bond donors (Lipinski definition) is 1. The van der Waals surface area contributed by atoms with Gasteiger partial charge < -0.3 is 10.6 Å². The molecule has 4 heteroatoms. The fourth-order valence-electron chi connectivity index (χ4n) is 1.61. The Kier molecular flexibility index (Phi) is 3.07. The Hall–Kier alpha value is -0.870. The van der Waals surface area contributed by atoms with Crippen molar-refractivity contribution >= 4 is 17.2 Å². The summed E-state index contributed by atoms with van der Waals surface area (Å²) in [6.07, 6.45) is 2.26. The van der Waals surface area contributed by atoms with Gasteiger partial charge in [-0.1, -0.05) is 6.07 Å². The van der Waals surface area contributed by atoms with E-state index in [1.165, 1.54) is 4.88 Å². The first-order valence-corrected chi connectivity index (χ1v) is 6.15. The molecule has 0 spiro atoms. The topological polar surface area (TPSA) is 46.3 Å². The van der Waals surface area contributed by atoms with Crippen molar-refractivity contribution in [2.24, 2.45) is 5.73 Å². The van der Waals surface area contributed by atoms with Crippen LogP contribution in [0.15, 0.2) is 17.5 Å². The molecular formula is C11H16N2OS. The number of rotatable bonds is 4. The number of nitrogens with zero attached hydrogens (tertiary/aromatic N) is 1. The van der Waals surface area contributed by atoms with Crippen molar-refractivity contribution in [3.05, 3.63) is 22.4 Å². The number of nitrogens with two attached hydrogens (primary N) is 1. The smallest absolute Gasteiger partial charge is 0.239 e. The summed E-state index contributed by atoms with van der Waals surface area (Å²) in [5.41, 5.74) is 5.64. The van der Waals surface area contributed by atoms with E-state index >= 15 is 0 Å². The van der Waals surface area contributed by atoms with Gasteiger partial charge in [-0.2, -0.15) is 0 Å². The van der Waals surface area contributed by atoms with Crippen LogP contribution in [-0.4, -0.2) is 22.9 Å². The highest BCUT2D eigenvalue weighted by Gasteiger charge is 2.33. The van der Waals surface area contributed by atoms with E-state index < -0.39 is 0 Å². The van der Waals surface area contributed by atoms with Gasteiger partial charge in [-0.15, -0.1) is 11.3 Å². The zero-order valence-corrected chi connectivity index (χ0v) is 9.67. The summed E-state index contributed by atoms with van der Waals surface area (Å²) in [5.74, 6) is 0.0749. The zero-order chi connectivity index (χ0) is 10.8. The highest BCUT2D eigenvalue weighted by Crippen LogP contribution is 2.29. The Bertz CT molecular complexity index is 330. The van der Waals surface area contributed by atoms with Crippen LogP contribution in [0, 0.1) is 0 Å². The first-order valence-electron chi connectivity index (χ1n) is 5.27. The second-order valence-corrected chi connectivity index (χ2v) is 5.10. The fourth-order valence-corrected chi connectivity index (χ4v) is 2.31. The highest BCUT2D eigenvalue weighted by atomic mass is 32.1. The van der Waals surface area contributed by atoms with Crippen LogP contribution in [0.5, 0.6) is 0 Å². The molecular weight excluding hydrogens is 208 g/mol. The van der Waals surface area contributed by atoms with E-state index in [1.807, 2.05) is 16.3 Å². The van der Waals surface area contributed by atoms with Gasteiger partial charge in [0.1, 0.15) is 0 Å². The summed E-state index contributed by atoms with van der Waals surface area (Å²) in [4.78, 5) is 15.0. The van der Waals surface area contributed by atoms with E-state index in [0.717, 1.165) is 19.4 Å². The molecule has 0 saturated heterocycles. The van der Waals surface area contributed by atoms with Gasteiger partial charge in [-0.3, -0.25) is 4.79 Å². The van der Waals surface area contributed by atoms with E-state index in [4.69, 9.17) is 5.73 Å². The molecule has 82 valence electrons. The van der Waals surface area contributed by atoms with Crippen LogP contribution < -0.4 is 5.73 Å². The number of hydrogen-bond acceptors (Lipinski definition) is 3. The van der Waals surface area contributed by atoms with Crippen molar-refractivity contribution in [2.45, 2.75) is 38.4 Å². The molecule has 1 saturated carbocycles. The van der Waals surface area contributed by atoms with Gasteiger partial charge in [0, 0.05) is 10.9 Å². The van der Waals surface area contributed by atoms with Gasteiger partial charge in [-0.05, 0) is 31.2 Å². The molecule has 1 aromatic heterocycles. The third-order valence-corrected chi connectivity index (χ3v) is 3.43. The van der Waals surface area contributed by atoms with Crippen molar-refractivity contribution < 1.29 is 4.79 Å². The Morgan fingerprint density at radius 1 is 1.73 bits per heavy atom. The van der Waals surface area contributed by atoms with Crippen LogP contribution in [0.25, 0.3) is 0 Å². The maximum Gasteiger partial charge on any atom is 0.239 e. The fraction of sp³-hybridized carbons (Fsp3) is 0.545. The molecule has 2 rings (SSSR count). The second-order valence-electron chi connectivity index (χ2n) is 4.07. The summed E-state index contributed by atoms with van der Waals surface area (Å²) >= 11 is 1.69. The summed E-state index contributed by atoms with van der Waals surface area (Å²) < 4.78 is 0. The maximum absolute atomic E-state index is 11.9. The Balaban J connectivity index is 2.03. The first kappa shape index (κ1) is 10.6. The molecule has 1 heterocycles. The lowest BCUT2D eigenvalue weighted by Gasteiger charge is -2.23. The number of carbonyl (C=O) groups excluding carboxylic acids is 1. The third-order valence-electron chi connectivity index (χ3n) is 2.57. The van der Waals surface area contributed by atoms with Crippen molar-refractivity contribution in [3.8, 4) is 0 Å². The van der Waals surface area contributed by atoms with Crippen LogP contribution in [0.4, 0.5) is 0 Å². The quantitative estimate of drug-likeness (QED) is 0.844. The molecule has 1 fully saturated rings. The van der Waals surface area contributed by atoms with Crippen LogP contribution >= 0.6 is 11.3 Å². The standard InChI is InChI=1S/C11H16N2OS/c1-8(12)11(14)13(9-4-5-9)7-10-3-2-6-15-10/h2-3,6,8-9H,4-5,7,12H2,1H3. The summed E-state index contributed by atoms with van der Waals surface area (Å²) in [6.45, 7) is 2.48. The molecule has 1 atom stereocenters. The minimum absolute atomic E-state index is 0.0749. The third kappa shape index (κ3) is 2.58. The van der Waals surface area contributed by atoms with Crippen LogP contribution in [0.3, 0.4) is 0 Å². The van der Waals surface area contributed by atoms with Crippen molar-refractivity contribution in [1.29, 1.82) is 0 Å². The monoisotopic (exact) mass is 224 g/mol. The van der Waals surface area contributed by atoms with E-state index in [0.29, 0.717) is 6.04 Å². The van der Waals surface area contributed by atoms with E-state index in [-0.39, 0.29) is 11.9 Å². The Labute approximate surface area is 93.9 Å². The molecule has 0 aliphatic heterocycles. The Morgan fingerprint density at radius 2 is 2.47 bits per heavy atom. The minimum atomic E-state index is -0.384. The van der Waals surface area contributed by atoms with Crippen LogP contribution in [-0.2, 0) is 11.3 Å². The molecule has 1 amide bonds. The van der Waals surface area contributed by atoms with Gasteiger partial charge in [0.15, 0.2) is 0 Å². The van der Waals surface area contributed by atoms with Crippen molar-refractivity contribution in [1.82, 2.24) is 4.90 Å². The van der Waals surface area contributed by atoms with Gasteiger partial charge in [0.25, 0.3) is 0 Å². The average molecular weight is 224 g/mol. The molecule has 0 bridgehead atoms. The molecule has 3 nitrogen and oxygen atoms in total. The molecule has 1 aliphatic carbocycles. The first-order chi connectivity index (χ1) is 7.18. The van der Waals surface area contributed by atoms with Crippen LogP contribution in [0.2, 0.25) is 0 Å². The van der Waals surface area contributed by atoms with Gasteiger partial charge in [0.05, 0.1) is 12.6 Å². The van der Waals surface area contributed by atoms with E-state index in [9.17, 15) is 4.79 Å². The molecule has 1 aromatic rings. The summed E-state index contributed by atoms with van der Waals surface area (Å²) in [7, 11) is 0. The molecule has 1 unspecified atom stereocenters. The van der Waals surface area contributed by atoms with Gasteiger partial charge in [-0.25, -0.2) is 0 Å². The number of amides is 1. The summed E-state index contributed by atoms with van der Waals surface area (Å²) in [5, 5.41) is 2.04. The SMILES string of the molecule is CC(N)C(=O)N(Cc1cccs1)C1CC1.